The van der Waals surface area contributed by atoms with Gasteiger partial charge in [-0.2, -0.15) is 0 Å². The smallest absolute Gasteiger partial charge is 0.266 e. The summed E-state index contributed by atoms with van der Waals surface area (Å²) < 4.78 is 1.33. The Kier molecular flexibility index (Phi) is 5.81. The summed E-state index contributed by atoms with van der Waals surface area (Å²) in [6.45, 7) is 5.84. The second-order valence-corrected chi connectivity index (χ2v) is 9.81. The van der Waals surface area contributed by atoms with Gasteiger partial charge in [0.1, 0.15) is 0 Å². The first kappa shape index (κ1) is 22.8. The van der Waals surface area contributed by atoms with E-state index in [4.69, 9.17) is 23.2 Å². The number of hydrogen-bond donors (Lipinski definition) is 3. The summed E-state index contributed by atoms with van der Waals surface area (Å²) in [7, 11) is 0. The molecule has 0 bridgehead atoms. The van der Waals surface area contributed by atoms with E-state index < -0.39 is 0 Å². The molecule has 7 nitrogen and oxygen atoms in total. The van der Waals surface area contributed by atoms with Gasteiger partial charge in [0.05, 0.1) is 33.2 Å². The lowest BCUT2D eigenvalue weighted by Crippen LogP contribution is -2.38. The molecule has 0 atom stereocenters. The number of rotatable bonds is 4. The Morgan fingerprint density at radius 3 is 2.71 bits per heavy atom. The van der Waals surface area contributed by atoms with Gasteiger partial charge in [-0.3, -0.25) is 9.36 Å². The van der Waals surface area contributed by atoms with E-state index >= 15 is 0 Å². The van der Waals surface area contributed by atoms with Crippen LogP contribution in [0.3, 0.4) is 0 Å². The number of benzene rings is 2. The molecule has 2 aromatic carbocycles. The maximum absolute atomic E-state index is 13.2. The van der Waals surface area contributed by atoms with Gasteiger partial charge in [-0.1, -0.05) is 49.2 Å². The predicted molar refractivity (Wildman–Crippen MR) is 136 cm³/mol. The Labute approximate surface area is 206 Å². The van der Waals surface area contributed by atoms with Crippen LogP contribution < -0.4 is 16.2 Å². The number of fused-ring (bicyclic) bond motifs is 2. The molecule has 2 aromatic heterocycles. The summed E-state index contributed by atoms with van der Waals surface area (Å²) in [6.07, 6.45) is 2.97. The standard InChI is InChI=1S/C25H23Cl2N5O2/c1-25(2)13-28-9-14-8-16(6-7-18(14)25)30-24-29-10-17-21(31-24)15(12-33)11-32(23(17)34)22-19(26)4-3-5-20(22)27/h3-8,10-11,28,33H,9,12-13H2,1-2H3,(H,29,30,31). The molecule has 3 heterocycles. The topological polar surface area (TPSA) is 92.1 Å². The van der Waals surface area contributed by atoms with Crippen LogP contribution >= 0.6 is 23.2 Å². The van der Waals surface area contributed by atoms with Crippen LogP contribution in [0, 0.1) is 0 Å². The van der Waals surface area contributed by atoms with E-state index in [1.807, 2.05) is 6.07 Å². The Balaban J connectivity index is 1.56. The number of aliphatic hydroxyl groups is 1. The second kappa shape index (κ2) is 8.67. The van der Waals surface area contributed by atoms with Gasteiger partial charge in [-0.15, -0.1) is 0 Å². The van der Waals surface area contributed by atoms with Gasteiger partial charge in [0, 0.05) is 42.1 Å². The molecule has 9 heteroatoms. The first-order chi connectivity index (χ1) is 16.3. The molecule has 0 aliphatic carbocycles. The minimum absolute atomic E-state index is 0.0615. The fourth-order valence-corrected chi connectivity index (χ4v) is 5.04. The number of aromatic nitrogens is 3. The zero-order chi connectivity index (χ0) is 24.0. The second-order valence-electron chi connectivity index (χ2n) is 9.00. The summed E-state index contributed by atoms with van der Waals surface area (Å²) in [6, 6.07) is 11.2. The molecule has 1 aliphatic rings. The molecule has 5 rings (SSSR count). The number of anilines is 2. The Morgan fingerprint density at radius 1 is 1.21 bits per heavy atom. The van der Waals surface area contributed by atoms with Crippen molar-refractivity contribution in [1.82, 2.24) is 19.9 Å². The summed E-state index contributed by atoms with van der Waals surface area (Å²) in [4.78, 5) is 22.2. The highest BCUT2D eigenvalue weighted by Crippen LogP contribution is 2.32. The number of para-hydroxylation sites is 1. The molecule has 0 unspecified atom stereocenters. The van der Waals surface area contributed by atoms with Crippen LogP contribution in [0.25, 0.3) is 16.6 Å². The van der Waals surface area contributed by atoms with Crippen molar-refractivity contribution in [2.75, 3.05) is 11.9 Å². The van der Waals surface area contributed by atoms with Gasteiger partial charge in [0.25, 0.3) is 5.56 Å². The number of nitrogens with one attached hydrogen (secondary N) is 2. The minimum atomic E-state index is -0.379. The lowest BCUT2D eigenvalue weighted by Gasteiger charge is -2.33. The van der Waals surface area contributed by atoms with Gasteiger partial charge in [-0.25, -0.2) is 9.97 Å². The van der Waals surface area contributed by atoms with Crippen LogP contribution in [-0.4, -0.2) is 26.2 Å². The molecule has 0 saturated heterocycles. The third-order valence-electron chi connectivity index (χ3n) is 6.15. The molecule has 3 N–H and O–H groups in total. The molecule has 4 aromatic rings. The van der Waals surface area contributed by atoms with Crippen molar-refractivity contribution >= 4 is 45.7 Å². The van der Waals surface area contributed by atoms with E-state index in [9.17, 15) is 9.90 Å². The van der Waals surface area contributed by atoms with E-state index in [0.29, 0.717) is 32.8 Å². The van der Waals surface area contributed by atoms with Crippen molar-refractivity contribution in [2.24, 2.45) is 0 Å². The number of pyridine rings is 1. The molecule has 0 spiro atoms. The van der Waals surface area contributed by atoms with Crippen LogP contribution in [-0.2, 0) is 18.6 Å². The molecular weight excluding hydrogens is 473 g/mol. The normalized spacial score (nSPS) is 14.7. The first-order valence-electron chi connectivity index (χ1n) is 10.9. The Bertz CT molecular complexity index is 1460. The molecule has 0 radical (unpaired) electrons. The highest BCUT2D eigenvalue weighted by Gasteiger charge is 2.27. The molecule has 0 fully saturated rings. The third kappa shape index (κ3) is 3.95. The van der Waals surface area contributed by atoms with Gasteiger partial charge in [0.15, 0.2) is 0 Å². The minimum Gasteiger partial charge on any atom is -0.392 e. The third-order valence-corrected chi connectivity index (χ3v) is 6.76. The molecule has 174 valence electrons. The zero-order valence-electron chi connectivity index (χ0n) is 18.7. The Hall–Kier alpha value is -2.97. The Morgan fingerprint density at radius 2 is 1.97 bits per heavy atom. The van der Waals surface area contributed by atoms with Gasteiger partial charge in [0.2, 0.25) is 5.95 Å². The van der Waals surface area contributed by atoms with Crippen LogP contribution in [0.1, 0.15) is 30.5 Å². The molecule has 0 saturated carbocycles. The van der Waals surface area contributed by atoms with Crippen molar-refractivity contribution in [1.29, 1.82) is 0 Å². The highest BCUT2D eigenvalue weighted by atomic mass is 35.5. The average molecular weight is 496 g/mol. The first-order valence-corrected chi connectivity index (χ1v) is 11.6. The molecule has 1 aliphatic heterocycles. The van der Waals surface area contributed by atoms with Crippen LogP contribution in [0.5, 0.6) is 0 Å². The van der Waals surface area contributed by atoms with Crippen molar-refractivity contribution in [3.63, 3.8) is 0 Å². The lowest BCUT2D eigenvalue weighted by molar-refractivity contribution is 0.282. The molecule has 0 amide bonds. The largest absolute Gasteiger partial charge is 0.392 e. The quantitative estimate of drug-likeness (QED) is 0.379. The van der Waals surface area contributed by atoms with E-state index in [2.05, 4.69) is 46.6 Å². The van der Waals surface area contributed by atoms with E-state index in [1.165, 1.54) is 28.1 Å². The maximum atomic E-state index is 13.2. The fourth-order valence-electron chi connectivity index (χ4n) is 4.46. The number of nitrogens with zero attached hydrogens (tertiary/aromatic N) is 3. The predicted octanol–water partition coefficient (Wildman–Crippen LogP) is 4.70. The van der Waals surface area contributed by atoms with Crippen molar-refractivity contribution in [3.8, 4) is 5.69 Å². The van der Waals surface area contributed by atoms with E-state index in [0.717, 1.165) is 18.8 Å². The van der Waals surface area contributed by atoms with Crippen LogP contribution in [0.4, 0.5) is 11.6 Å². The van der Waals surface area contributed by atoms with E-state index in [1.54, 1.807) is 18.2 Å². The molecule has 34 heavy (non-hydrogen) atoms. The van der Waals surface area contributed by atoms with Gasteiger partial charge in [-0.05, 0) is 35.4 Å². The van der Waals surface area contributed by atoms with Gasteiger partial charge < -0.3 is 15.7 Å². The van der Waals surface area contributed by atoms with Crippen molar-refractivity contribution < 1.29 is 5.11 Å². The van der Waals surface area contributed by atoms with Crippen molar-refractivity contribution in [3.05, 3.63) is 85.9 Å². The average Bonchev–Trinajstić information content (AvgIpc) is 2.80. The molecular formula is C25H23Cl2N5O2. The number of halogens is 2. The summed E-state index contributed by atoms with van der Waals surface area (Å²) in [5.41, 5.74) is 4.23. The fraction of sp³-hybridized carbons (Fsp3) is 0.240. The van der Waals surface area contributed by atoms with E-state index in [-0.39, 0.29) is 23.0 Å². The van der Waals surface area contributed by atoms with Gasteiger partial charge >= 0.3 is 0 Å². The highest BCUT2D eigenvalue weighted by molar-refractivity contribution is 6.37. The zero-order valence-corrected chi connectivity index (χ0v) is 20.2. The van der Waals surface area contributed by atoms with Crippen molar-refractivity contribution in [2.45, 2.75) is 32.4 Å². The lowest BCUT2D eigenvalue weighted by atomic mass is 9.79. The summed E-state index contributed by atoms with van der Waals surface area (Å²) in [5.74, 6) is 0.332. The number of aliphatic hydroxyl groups excluding tert-OH is 1. The SMILES string of the molecule is CC1(C)CNCc2cc(Nc3ncc4c(=O)n(-c5c(Cl)cccc5Cl)cc(CO)c4n3)ccc21. The van der Waals surface area contributed by atoms with Crippen LogP contribution in [0.15, 0.2) is 53.6 Å². The monoisotopic (exact) mass is 495 g/mol. The number of hydrogen-bond acceptors (Lipinski definition) is 6. The maximum Gasteiger partial charge on any atom is 0.266 e. The summed E-state index contributed by atoms with van der Waals surface area (Å²) in [5, 5.41) is 17.6. The van der Waals surface area contributed by atoms with Crippen LogP contribution in [0.2, 0.25) is 10.0 Å². The summed E-state index contributed by atoms with van der Waals surface area (Å²) >= 11 is 12.6.